The summed E-state index contributed by atoms with van der Waals surface area (Å²) in [5, 5.41) is 0. The molecule has 0 unspecified atom stereocenters. The molecule has 0 saturated heterocycles. The second-order valence-corrected chi connectivity index (χ2v) is 7.74. The Labute approximate surface area is 113 Å². The molecule has 0 bridgehead atoms. The van der Waals surface area contributed by atoms with Gasteiger partial charge in [0, 0.05) is 3.42 Å². The summed E-state index contributed by atoms with van der Waals surface area (Å²) in [6.45, 7) is 4.06. The molecule has 4 heteroatoms. The minimum atomic E-state index is -4.24. The molecule has 1 aliphatic carbocycles. The van der Waals surface area contributed by atoms with Crippen molar-refractivity contribution in [3.8, 4) is 0 Å². The number of rotatable bonds is 2. The van der Waals surface area contributed by atoms with E-state index in [1.165, 1.54) is 12.1 Å². The van der Waals surface area contributed by atoms with Crippen LogP contribution in [0.2, 0.25) is 0 Å². The summed E-state index contributed by atoms with van der Waals surface area (Å²) in [7, 11) is 0. The minimum absolute atomic E-state index is 0.125. The predicted octanol–water partition coefficient (Wildman–Crippen LogP) is 5.25. The Morgan fingerprint density at radius 3 is 2.18 bits per heavy atom. The third kappa shape index (κ3) is 2.95. The van der Waals surface area contributed by atoms with Crippen LogP contribution in [0.3, 0.4) is 0 Å². The van der Waals surface area contributed by atoms with Gasteiger partial charge in [0.2, 0.25) is 0 Å². The van der Waals surface area contributed by atoms with E-state index in [4.69, 9.17) is 0 Å². The predicted molar refractivity (Wildman–Crippen MR) is 70.5 cm³/mol. The quantitative estimate of drug-likeness (QED) is 0.503. The fourth-order valence-electron chi connectivity index (χ4n) is 2.01. The molecule has 94 valence electrons. The van der Waals surface area contributed by atoms with E-state index in [0.29, 0.717) is 5.92 Å². The van der Waals surface area contributed by atoms with Gasteiger partial charge in [-0.05, 0) is 55.9 Å². The van der Waals surface area contributed by atoms with Crippen molar-refractivity contribution >= 4 is 22.6 Å². The van der Waals surface area contributed by atoms with Gasteiger partial charge in [-0.1, -0.05) is 28.7 Å². The van der Waals surface area contributed by atoms with Crippen molar-refractivity contribution in [2.75, 3.05) is 0 Å². The molecule has 1 aliphatic rings. The molecule has 1 saturated carbocycles. The Balaban J connectivity index is 2.49. The fraction of sp³-hybridized carbons (Fsp3) is 0.538. The summed E-state index contributed by atoms with van der Waals surface area (Å²) in [5.41, 5.74) is 1.40. The smallest absolute Gasteiger partial charge is 0.166 e. The molecule has 0 N–H and O–H groups in total. The Kier molecular flexibility index (Phi) is 3.21. The van der Waals surface area contributed by atoms with E-state index in [-0.39, 0.29) is 3.42 Å². The lowest BCUT2D eigenvalue weighted by atomic mass is 9.92. The van der Waals surface area contributed by atoms with Crippen LogP contribution in [0.15, 0.2) is 18.2 Å². The molecule has 0 heterocycles. The zero-order chi connectivity index (χ0) is 12.8. The van der Waals surface area contributed by atoms with Crippen molar-refractivity contribution in [1.82, 2.24) is 0 Å². The maximum absolute atomic E-state index is 12.7. The van der Waals surface area contributed by atoms with Gasteiger partial charge in [-0.3, -0.25) is 0 Å². The van der Waals surface area contributed by atoms with Crippen molar-refractivity contribution < 1.29 is 13.2 Å². The van der Waals surface area contributed by atoms with Gasteiger partial charge in [-0.2, -0.15) is 13.2 Å². The van der Waals surface area contributed by atoms with Crippen molar-refractivity contribution in [2.45, 2.75) is 42.2 Å². The molecule has 17 heavy (non-hydrogen) atoms. The van der Waals surface area contributed by atoms with Gasteiger partial charge >= 0.3 is 6.18 Å². The second kappa shape index (κ2) is 4.14. The third-order valence-corrected chi connectivity index (χ3v) is 3.62. The van der Waals surface area contributed by atoms with E-state index in [1.807, 2.05) is 13.8 Å². The van der Waals surface area contributed by atoms with Crippen LogP contribution in [0.1, 0.15) is 49.3 Å². The van der Waals surface area contributed by atoms with Crippen LogP contribution in [0.5, 0.6) is 0 Å². The standard InChI is InChI=1S/C13H14F3I/c1-12(2,17)11-6-5-9(13(14,15)16)7-10(11)8-3-4-8/h5-8H,3-4H2,1-2H3. The highest BCUT2D eigenvalue weighted by Gasteiger charge is 2.35. The van der Waals surface area contributed by atoms with E-state index in [2.05, 4.69) is 22.6 Å². The van der Waals surface area contributed by atoms with Gasteiger partial charge < -0.3 is 0 Å². The Morgan fingerprint density at radius 2 is 1.76 bits per heavy atom. The first-order valence-corrected chi connectivity index (χ1v) is 6.68. The number of alkyl halides is 4. The van der Waals surface area contributed by atoms with Crippen LogP contribution in [0.25, 0.3) is 0 Å². The number of benzene rings is 1. The first-order chi connectivity index (χ1) is 7.69. The van der Waals surface area contributed by atoms with E-state index >= 15 is 0 Å². The molecule has 0 amide bonds. The summed E-state index contributed by atoms with van der Waals surface area (Å²) in [4.78, 5) is 0. The molecular formula is C13H14F3I. The zero-order valence-electron chi connectivity index (χ0n) is 9.74. The van der Waals surface area contributed by atoms with Crippen LogP contribution >= 0.6 is 22.6 Å². The maximum atomic E-state index is 12.7. The molecule has 0 aromatic heterocycles. The van der Waals surface area contributed by atoms with Crippen LogP contribution < -0.4 is 0 Å². The molecule has 1 aromatic rings. The van der Waals surface area contributed by atoms with Gasteiger partial charge in [-0.15, -0.1) is 0 Å². The summed E-state index contributed by atoms with van der Waals surface area (Å²) in [6, 6.07) is 4.18. The summed E-state index contributed by atoms with van der Waals surface area (Å²) >= 11 is 2.28. The highest BCUT2D eigenvalue weighted by Crippen LogP contribution is 2.47. The normalized spacial score (nSPS) is 17.3. The molecule has 1 fully saturated rings. The molecule has 0 atom stereocenters. The van der Waals surface area contributed by atoms with Gasteiger partial charge in [0.25, 0.3) is 0 Å². The second-order valence-electron chi connectivity index (χ2n) is 5.05. The first-order valence-electron chi connectivity index (χ1n) is 5.60. The third-order valence-electron chi connectivity index (χ3n) is 3.04. The van der Waals surface area contributed by atoms with Crippen molar-refractivity contribution in [2.24, 2.45) is 0 Å². The summed E-state index contributed by atoms with van der Waals surface area (Å²) in [5.74, 6) is 0.335. The molecule has 2 rings (SSSR count). The van der Waals surface area contributed by atoms with Gasteiger partial charge in [0.15, 0.2) is 0 Å². The van der Waals surface area contributed by atoms with Crippen molar-refractivity contribution in [1.29, 1.82) is 0 Å². The van der Waals surface area contributed by atoms with Crippen LogP contribution in [-0.2, 0) is 9.60 Å². The lowest BCUT2D eigenvalue weighted by molar-refractivity contribution is -0.137. The Morgan fingerprint density at radius 1 is 1.18 bits per heavy atom. The number of halogens is 4. The Hall–Kier alpha value is -0.260. The average molecular weight is 354 g/mol. The first kappa shape index (κ1) is 13.2. The monoisotopic (exact) mass is 354 g/mol. The molecule has 0 aliphatic heterocycles. The van der Waals surface area contributed by atoms with Crippen LogP contribution in [0, 0.1) is 0 Å². The highest BCUT2D eigenvalue weighted by molar-refractivity contribution is 14.1. The average Bonchev–Trinajstić information content (AvgIpc) is 2.97. The van der Waals surface area contributed by atoms with Crippen LogP contribution in [-0.4, -0.2) is 0 Å². The molecule has 1 aromatic carbocycles. The van der Waals surface area contributed by atoms with E-state index in [1.54, 1.807) is 6.07 Å². The fourth-order valence-corrected chi connectivity index (χ4v) is 2.50. The van der Waals surface area contributed by atoms with E-state index in [9.17, 15) is 13.2 Å². The van der Waals surface area contributed by atoms with Gasteiger partial charge in [0.05, 0.1) is 5.56 Å². The topological polar surface area (TPSA) is 0 Å². The van der Waals surface area contributed by atoms with E-state index in [0.717, 1.165) is 24.0 Å². The molecular weight excluding hydrogens is 340 g/mol. The number of hydrogen-bond donors (Lipinski definition) is 0. The highest BCUT2D eigenvalue weighted by atomic mass is 127. The maximum Gasteiger partial charge on any atom is 0.416 e. The lowest BCUT2D eigenvalue weighted by Gasteiger charge is -2.22. The summed E-state index contributed by atoms with van der Waals surface area (Å²) < 4.78 is 37.9. The summed E-state index contributed by atoms with van der Waals surface area (Å²) in [6.07, 6.45) is -2.21. The van der Waals surface area contributed by atoms with Gasteiger partial charge in [0.1, 0.15) is 0 Å². The lowest BCUT2D eigenvalue weighted by Crippen LogP contribution is -2.13. The van der Waals surface area contributed by atoms with Gasteiger partial charge in [-0.25, -0.2) is 0 Å². The minimum Gasteiger partial charge on any atom is -0.166 e. The largest absolute Gasteiger partial charge is 0.416 e. The SMILES string of the molecule is CC(C)(I)c1ccc(C(F)(F)F)cc1C1CC1. The van der Waals surface area contributed by atoms with Crippen molar-refractivity contribution in [3.05, 3.63) is 34.9 Å². The Bertz CT molecular complexity index is 425. The van der Waals surface area contributed by atoms with E-state index < -0.39 is 11.7 Å². The molecule has 0 spiro atoms. The molecule has 0 radical (unpaired) electrons. The van der Waals surface area contributed by atoms with Crippen molar-refractivity contribution in [3.63, 3.8) is 0 Å². The molecule has 0 nitrogen and oxygen atoms in total. The number of hydrogen-bond acceptors (Lipinski definition) is 0. The zero-order valence-corrected chi connectivity index (χ0v) is 11.9. The van der Waals surface area contributed by atoms with Crippen LogP contribution in [0.4, 0.5) is 13.2 Å².